The standard InChI is InChI=1S/C30H44N2O7/c1-28(2,3)24(31-25(36)22(35)15-17-9-10-20(33)21(34)14-17)26(37)32-13-7-8-19(32)27(38)39-23-16-18-11-12-30(23,6)29(18,4)5/h9-10,14,18-19,22-24,33-35H,7-8,11-13,15-16H2,1-6H3,(H,31,36)/t18?,19?,22?,23?,24?,30-/m0/s1. The molecule has 1 aliphatic heterocycles. The number of carbonyl (C=O) groups excluding carboxylic acids is 3. The fraction of sp³-hybridized carbons (Fsp3) is 0.700. The molecule has 2 bridgehead atoms. The Morgan fingerprint density at radius 1 is 1.13 bits per heavy atom. The number of esters is 1. The van der Waals surface area contributed by atoms with Crippen LogP contribution in [0.4, 0.5) is 0 Å². The minimum atomic E-state index is -1.48. The number of rotatable bonds is 7. The monoisotopic (exact) mass is 544 g/mol. The van der Waals surface area contributed by atoms with Gasteiger partial charge in [0.2, 0.25) is 11.8 Å². The maximum Gasteiger partial charge on any atom is 0.329 e. The van der Waals surface area contributed by atoms with Gasteiger partial charge in [0.25, 0.3) is 0 Å². The molecular weight excluding hydrogens is 500 g/mol. The highest BCUT2D eigenvalue weighted by molar-refractivity contribution is 5.92. The molecule has 0 aromatic heterocycles. The van der Waals surface area contributed by atoms with Crippen LogP contribution >= 0.6 is 0 Å². The van der Waals surface area contributed by atoms with Crippen molar-refractivity contribution in [3.05, 3.63) is 23.8 Å². The van der Waals surface area contributed by atoms with Gasteiger partial charge in [-0.05, 0) is 66.5 Å². The van der Waals surface area contributed by atoms with Gasteiger partial charge in [-0.2, -0.15) is 0 Å². The molecular formula is C30H44N2O7. The van der Waals surface area contributed by atoms with Crippen LogP contribution < -0.4 is 5.32 Å². The summed E-state index contributed by atoms with van der Waals surface area (Å²) >= 11 is 0. The van der Waals surface area contributed by atoms with Crippen LogP contribution in [-0.4, -0.2) is 68.8 Å². The van der Waals surface area contributed by atoms with Crippen molar-refractivity contribution in [2.75, 3.05) is 6.54 Å². The molecule has 5 unspecified atom stereocenters. The Kier molecular flexibility index (Phi) is 7.71. The number of phenols is 2. The largest absolute Gasteiger partial charge is 0.504 e. The second-order valence-electron chi connectivity index (χ2n) is 13.6. The SMILES string of the molecule is CC(C)(C)C(NC(=O)C(O)Cc1ccc(O)c(O)c1)C(=O)N1CCCC1C(=O)OC1CC2CC[C@]1(C)C2(C)C. The molecule has 4 rings (SSSR count). The van der Waals surface area contributed by atoms with Crippen molar-refractivity contribution in [3.63, 3.8) is 0 Å². The van der Waals surface area contributed by atoms with E-state index in [2.05, 4.69) is 26.1 Å². The van der Waals surface area contributed by atoms with Gasteiger partial charge >= 0.3 is 5.97 Å². The van der Waals surface area contributed by atoms with Crippen LogP contribution in [0.3, 0.4) is 0 Å². The molecule has 0 spiro atoms. The van der Waals surface area contributed by atoms with Gasteiger partial charge < -0.3 is 30.3 Å². The molecule has 39 heavy (non-hydrogen) atoms. The van der Waals surface area contributed by atoms with Crippen molar-refractivity contribution >= 4 is 17.8 Å². The van der Waals surface area contributed by atoms with E-state index >= 15 is 0 Å². The smallest absolute Gasteiger partial charge is 0.329 e. The first-order chi connectivity index (χ1) is 18.1. The van der Waals surface area contributed by atoms with Gasteiger partial charge in [-0.15, -0.1) is 0 Å². The highest BCUT2D eigenvalue weighted by atomic mass is 16.5. The number of hydrogen-bond donors (Lipinski definition) is 4. The summed E-state index contributed by atoms with van der Waals surface area (Å²) in [6.07, 6.45) is 2.46. The molecule has 2 aliphatic carbocycles. The Morgan fingerprint density at radius 2 is 1.82 bits per heavy atom. The van der Waals surface area contributed by atoms with Crippen molar-refractivity contribution in [1.29, 1.82) is 0 Å². The maximum atomic E-state index is 13.8. The molecule has 4 N–H and O–H groups in total. The number of aliphatic hydroxyl groups excluding tert-OH is 1. The second kappa shape index (κ2) is 10.3. The quantitative estimate of drug-likeness (QED) is 0.305. The lowest BCUT2D eigenvalue weighted by molar-refractivity contribution is -0.165. The normalized spacial score (nSPS) is 29.2. The minimum absolute atomic E-state index is 0.0763. The summed E-state index contributed by atoms with van der Waals surface area (Å²) in [6, 6.07) is 2.38. The van der Waals surface area contributed by atoms with Crippen LogP contribution in [0, 0.1) is 22.2 Å². The van der Waals surface area contributed by atoms with Crippen molar-refractivity contribution in [2.24, 2.45) is 22.2 Å². The van der Waals surface area contributed by atoms with E-state index in [4.69, 9.17) is 4.74 Å². The summed E-state index contributed by atoms with van der Waals surface area (Å²) in [6.45, 7) is 12.6. The number of nitrogens with one attached hydrogen (secondary N) is 1. The molecule has 9 heteroatoms. The number of aliphatic hydroxyl groups is 1. The Bertz CT molecular complexity index is 1130. The number of fused-ring (bicyclic) bond motifs is 2. The van der Waals surface area contributed by atoms with Crippen LogP contribution in [0.5, 0.6) is 11.5 Å². The molecule has 1 heterocycles. The van der Waals surface area contributed by atoms with Gasteiger partial charge in [-0.1, -0.05) is 47.6 Å². The molecule has 2 saturated carbocycles. The lowest BCUT2D eigenvalue weighted by atomic mass is 9.70. The highest BCUT2D eigenvalue weighted by Crippen LogP contribution is 2.66. The predicted octanol–water partition coefficient (Wildman–Crippen LogP) is 3.28. The summed E-state index contributed by atoms with van der Waals surface area (Å²) in [4.78, 5) is 41.7. The van der Waals surface area contributed by atoms with Crippen LogP contribution in [0.25, 0.3) is 0 Å². The van der Waals surface area contributed by atoms with E-state index in [0.29, 0.717) is 30.9 Å². The molecule has 9 nitrogen and oxygen atoms in total. The topological polar surface area (TPSA) is 136 Å². The molecule has 3 aliphatic rings. The van der Waals surface area contributed by atoms with Gasteiger partial charge in [0.05, 0.1) is 0 Å². The summed E-state index contributed by atoms with van der Waals surface area (Å²) < 4.78 is 6.12. The number of amides is 2. The number of nitrogens with zero attached hydrogens (tertiary/aromatic N) is 1. The first kappa shape index (κ1) is 29.2. The Balaban J connectivity index is 1.43. The van der Waals surface area contributed by atoms with Gasteiger partial charge in [0.1, 0.15) is 24.3 Å². The number of carbonyl (C=O) groups is 3. The van der Waals surface area contributed by atoms with Gasteiger partial charge in [0.15, 0.2) is 11.5 Å². The summed E-state index contributed by atoms with van der Waals surface area (Å²) in [5.74, 6) is -1.60. The van der Waals surface area contributed by atoms with Crippen LogP contribution in [0.15, 0.2) is 18.2 Å². The highest BCUT2D eigenvalue weighted by Gasteiger charge is 2.63. The second-order valence-corrected chi connectivity index (χ2v) is 13.6. The lowest BCUT2D eigenvalue weighted by Gasteiger charge is -2.39. The third-order valence-electron chi connectivity index (χ3n) is 9.95. The molecule has 1 aromatic rings. The number of phenolic OH excluding ortho intramolecular Hbond substituents is 2. The van der Waals surface area contributed by atoms with E-state index in [1.54, 1.807) is 0 Å². The zero-order valence-electron chi connectivity index (χ0n) is 24.0. The first-order valence-electron chi connectivity index (χ1n) is 14.1. The van der Waals surface area contributed by atoms with Crippen LogP contribution in [0.1, 0.15) is 79.2 Å². The van der Waals surface area contributed by atoms with Crippen molar-refractivity contribution < 1.29 is 34.4 Å². The molecule has 1 saturated heterocycles. The predicted molar refractivity (Wildman–Crippen MR) is 145 cm³/mol. The van der Waals surface area contributed by atoms with E-state index in [9.17, 15) is 29.7 Å². The number of aromatic hydroxyl groups is 2. The van der Waals surface area contributed by atoms with Crippen molar-refractivity contribution in [2.45, 2.75) is 104 Å². The van der Waals surface area contributed by atoms with E-state index < -0.39 is 29.5 Å². The number of ether oxygens (including phenoxy) is 1. The van der Waals surface area contributed by atoms with Crippen molar-refractivity contribution in [3.8, 4) is 11.5 Å². The fourth-order valence-electron chi connectivity index (χ4n) is 6.87. The average molecular weight is 545 g/mol. The maximum absolute atomic E-state index is 13.8. The third kappa shape index (κ3) is 5.34. The van der Waals surface area contributed by atoms with Gasteiger partial charge in [-0.3, -0.25) is 9.59 Å². The molecule has 2 amide bonds. The number of benzene rings is 1. The van der Waals surface area contributed by atoms with E-state index in [0.717, 1.165) is 19.3 Å². The molecule has 0 radical (unpaired) electrons. The van der Waals surface area contributed by atoms with Crippen molar-refractivity contribution in [1.82, 2.24) is 10.2 Å². The lowest BCUT2D eigenvalue weighted by Crippen LogP contribution is -2.58. The summed E-state index contributed by atoms with van der Waals surface area (Å²) in [5, 5.41) is 32.5. The summed E-state index contributed by atoms with van der Waals surface area (Å²) in [5.41, 5.74) is -0.216. The van der Waals surface area contributed by atoms with E-state index in [1.807, 2.05) is 20.8 Å². The zero-order chi connectivity index (χ0) is 28.9. The van der Waals surface area contributed by atoms with Crippen LogP contribution in [-0.2, 0) is 25.5 Å². The number of hydrogen-bond acceptors (Lipinski definition) is 7. The van der Waals surface area contributed by atoms with E-state index in [1.165, 1.54) is 23.1 Å². The summed E-state index contributed by atoms with van der Waals surface area (Å²) in [7, 11) is 0. The van der Waals surface area contributed by atoms with Gasteiger partial charge in [-0.25, -0.2) is 4.79 Å². The first-order valence-corrected chi connectivity index (χ1v) is 14.1. The average Bonchev–Trinajstić information content (AvgIpc) is 3.47. The Morgan fingerprint density at radius 3 is 2.38 bits per heavy atom. The Labute approximate surface area is 230 Å². The minimum Gasteiger partial charge on any atom is -0.504 e. The van der Waals surface area contributed by atoms with Gasteiger partial charge in [0, 0.05) is 18.4 Å². The number of likely N-dealkylation sites (tertiary alicyclic amines) is 1. The zero-order valence-corrected chi connectivity index (χ0v) is 24.0. The van der Waals surface area contributed by atoms with E-state index in [-0.39, 0.29) is 46.7 Å². The molecule has 6 atom stereocenters. The molecule has 3 fully saturated rings. The third-order valence-corrected chi connectivity index (χ3v) is 9.95. The molecule has 1 aromatic carbocycles. The Hall–Kier alpha value is -2.81. The fourth-order valence-corrected chi connectivity index (χ4v) is 6.87. The van der Waals surface area contributed by atoms with Crippen LogP contribution in [0.2, 0.25) is 0 Å². The molecule has 216 valence electrons.